The van der Waals surface area contributed by atoms with Gasteiger partial charge in [0.15, 0.2) is 0 Å². The molecule has 2 aromatic carbocycles. The van der Waals surface area contributed by atoms with E-state index in [0.29, 0.717) is 6.54 Å². The summed E-state index contributed by atoms with van der Waals surface area (Å²) in [5, 5.41) is 3.39. The number of benzene rings is 2. The van der Waals surface area contributed by atoms with Crippen LogP contribution in [0.25, 0.3) is 0 Å². The normalized spacial score (nSPS) is 23.4. The Labute approximate surface area is 162 Å². The molecule has 0 N–H and O–H groups in total. The molecule has 0 amide bonds. The van der Waals surface area contributed by atoms with Crippen molar-refractivity contribution in [2.45, 2.75) is 24.6 Å². The lowest BCUT2D eigenvalue weighted by Crippen LogP contribution is -2.41. The Morgan fingerprint density at radius 3 is 2.62 bits per heavy atom. The van der Waals surface area contributed by atoms with Gasteiger partial charge in [-0.2, -0.15) is 5.06 Å². The zero-order valence-corrected chi connectivity index (χ0v) is 15.9. The second-order valence-corrected chi connectivity index (χ2v) is 7.43. The van der Waals surface area contributed by atoms with Crippen molar-refractivity contribution in [1.29, 1.82) is 0 Å². The number of rotatable bonds is 4. The van der Waals surface area contributed by atoms with Crippen LogP contribution in [0.2, 0.25) is 10.0 Å². The predicted molar refractivity (Wildman–Crippen MR) is 103 cm³/mol. The van der Waals surface area contributed by atoms with Crippen molar-refractivity contribution in [1.82, 2.24) is 14.6 Å². The van der Waals surface area contributed by atoms with Gasteiger partial charge in [-0.1, -0.05) is 53.5 Å². The lowest BCUT2D eigenvalue weighted by molar-refractivity contribution is -0.176. The van der Waals surface area contributed by atoms with Gasteiger partial charge in [-0.3, -0.25) is 4.84 Å². The Morgan fingerprint density at radius 1 is 1.15 bits per heavy atom. The molecule has 4 nitrogen and oxygen atoms in total. The zero-order valence-electron chi connectivity index (χ0n) is 14.3. The van der Waals surface area contributed by atoms with Crippen LogP contribution in [0.15, 0.2) is 67.3 Å². The highest BCUT2D eigenvalue weighted by Gasteiger charge is 2.47. The van der Waals surface area contributed by atoms with Crippen molar-refractivity contribution < 1.29 is 4.84 Å². The van der Waals surface area contributed by atoms with Crippen molar-refractivity contribution in [3.8, 4) is 0 Å². The van der Waals surface area contributed by atoms with Crippen molar-refractivity contribution in [2.24, 2.45) is 0 Å². The summed E-state index contributed by atoms with van der Waals surface area (Å²) in [6.45, 7) is 0.714. The van der Waals surface area contributed by atoms with Gasteiger partial charge in [0.25, 0.3) is 0 Å². The minimum atomic E-state index is -0.352. The van der Waals surface area contributed by atoms with E-state index in [2.05, 4.69) is 21.7 Å². The van der Waals surface area contributed by atoms with Gasteiger partial charge in [0.1, 0.15) is 6.10 Å². The molecule has 1 aromatic heterocycles. The minimum Gasteiger partial charge on any atom is -0.335 e. The highest BCUT2D eigenvalue weighted by Crippen LogP contribution is 2.48. The van der Waals surface area contributed by atoms with Crippen molar-refractivity contribution in [3.63, 3.8) is 0 Å². The van der Waals surface area contributed by atoms with Crippen LogP contribution >= 0.6 is 23.2 Å². The number of hydrogen-bond donors (Lipinski definition) is 0. The van der Waals surface area contributed by atoms with E-state index in [1.165, 1.54) is 0 Å². The molecule has 1 saturated heterocycles. The topological polar surface area (TPSA) is 30.3 Å². The van der Waals surface area contributed by atoms with Gasteiger partial charge in [0.05, 0.1) is 11.9 Å². The summed E-state index contributed by atoms with van der Waals surface area (Å²) in [7, 11) is 1.97. The summed E-state index contributed by atoms with van der Waals surface area (Å²) in [6.07, 6.45) is 6.24. The maximum Gasteiger partial charge on any atom is 0.108 e. The van der Waals surface area contributed by atoms with Crippen LogP contribution in [0.4, 0.5) is 0 Å². The van der Waals surface area contributed by atoms with Gasteiger partial charge in [0.2, 0.25) is 0 Å². The Balaban J connectivity index is 1.75. The molecule has 3 aromatic rings. The molecular formula is C20H19Cl2N3O. The maximum atomic E-state index is 6.42. The zero-order chi connectivity index (χ0) is 18.1. The van der Waals surface area contributed by atoms with Crippen LogP contribution in [-0.4, -0.2) is 21.7 Å². The molecule has 0 saturated carbocycles. The molecule has 1 aliphatic heterocycles. The third-order valence-electron chi connectivity index (χ3n) is 5.05. The molecule has 0 bridgehead atoms. The van der Waals surface area contributed by atoms with E-state index in [-0.39, 0.29) is 11.6 Å². The minimum absolute atomic E-state index is 0.118. The standard InChI is InChI=1S/C20H19Cl2N3O/c1-24-20(13-25-11-10-23-14-25,15-6-8-16(21)9-7-15)12-19(26-24)17-4-2-3-5-18(17)22/h2-11,14,19H,12-13H2,1H3/t19-,20+/m0/s1. The van der Waals surface area contributed by atoms with E-state index in [1.54, 1.807) is 6.20 Å². The summed E-state index contributed by atoms with van der Waals surface area (Å²) in [4.78, 5) is 10.4. The van der Waals surface area contributed by atoms with Gasteiger partial charge in [0, 0.05) is 48.0 Å². The van der Waals surface area contributed by atoms with Crippen LogP contribution in [0.5, 0.6) is 0 Å². The van der Waals surface area contributed by atoms with Gasteiger partial charge >= 0.3 is 0 Å². The smallest absolute Gasteiger partial charge is 0.108 e. The first-order valence-electron chi connectivity index (χ1n) is 8.45. The van der Waals surface area contributed by atoms with E-state index < -0.39 is 0 Å². The third-order valence-corrected chi connectivity index (χ3v) is 5.64. The fourth-order valence-corrected chi connectivity index (χ4v) is 4.05. The molecule has 134 valence electrons. The molecule has 2 atom stereocenters. The summed E-state index contributed by atoms with van der Waals surface area (Å²) in [5.74, 6) is 0. The lowest BCUT2D eigenvalue weighted by Gasteiger charge is -2.34. The van der Waals surface area contributed by atoms with Crippen molar-refractivity contribution in [3.05, 3.63) is 88.4 Å². The van der Waals surface area contributed by atoms with Gasteiger partial charge in [-0.25, -0.2) is 4.98 Å². The first kappa shape index (κ1) is 17.6. The predicted octanol–water partition coefficient (Wildman–Crippen LogP) is 5.09. The second kappa shape index (κ2) is 7.05. The van der Waals surface area contributed by atoms with Gasteiger partial charge in [-0.05, 0) is 23.8 Å². The quantitative estimate of drug-likeness (QED) is 0.624. The van der Waals surface area contributed by atoms with Crippen LogP contribution in [0, 0.1) is 0 Å². The fraction of sp³-hybridized carbons (Fsp3) is 0.250. The number of nitrogens with zero attached hydrogens (tertiary/aromatic N) is 3. The van der Waals surface area contributed by atoms with Crippen LogP contribution in [0.3, 0.4) is 0 Å². The van der Waals surface area contributed by atoms with E-state index >= 15 is 0 Å². The number of aromatic nitrogens is 2. The van der Waals surface area contributed by atoms with Gasteiger partial charge in [-0.15, -0.1) is 0 Å². The highest BCUT2D eigenvalue weighted by molar-refractivity contribution is 6.31. The van der Waals surface area contributed by atoms with E-state index in [4.69, 9.17) is 28.0 Å². The number of likely N-dealkylation sites (N-methyl/N-ethyl adjacent to an activating group) is 1. The molecule has 1 aliphatic rings. The van der Waals surface area contributed by atoms with E-state index in [9.17, 15) is 0 Å². The molecule has 4 rings (SSSR count). The second-order valence-electron chi connectivity index (χ2n) is 6.59. The molecule has 0 spiro atoms. The Bertz CT molecular complexity index is 882. The average molecular weight is 388 g/mol. The van der Waals surface area contributed by atoms with Crippen LogP contribution < -0.4 is 0 Å². The summed E-state index contributed by atoms with van der Waals surface area (Å²) in [6, 6.07) is 15.8. The fourth-order valence-electron chi connectivity index (χ4n) is 3.66. The van der Waals surface area contributed by atoms with E-state index in [1.807, 2.05) is 61.0 Å². The summed E-state index contributed by atoms with van der Waals surface area (Å²) < 4.78 is 2.07. The lowest BCUT2D eigenvalue weighted by atomic mass is 9.83. The largest absolute Gasteiger partial charge is 0.335 e. The number of hydrogen-bond acceptors (Lipinski definition) is 3. The Kier molecular flexibility index (Phi) is 4.76. The SMILES string of the molecule is CN1O[C@H](c2ccccc2Cl)C[C@@]1(Cn1ccnc1)c1ccc(Cl)cc1. The number of hydroxylamine groups is 2. The number of imidazole rings is 1. The van der Waals surface area contributed by atoms with Crippen molar-refractivity contribution >= 4 is 23.2 Å². The molecule has 0 aliphatic carbocycles. The Morgan fingerprint density at radius 2 is 1.92 bits per heavy atom. The summed E-state index contributed by atoms with van der Waals surface area (Å²) in [5.41, 5.74) is 1.80. The molecule has 1 fully saturated rings. The number of halogens is 2. The first-order valence-corrected chi connectivity index (χ1v) is 9.21. The summed E-state index contributed by atoms with van der Waals surface area (Å²) >= 11 is 12.5. The average Bonchev–Trinajstić information content (AvgIpc) is 3.25. The highest BCUT2D eigenvalue weighted by atomic mass is 35.5. The molecule has 26 heavy (non-hydrogen) atoms. The Hall–Kier alpha value is -1.85. The monoisotopic (exact) mass is 387 g/mol. The van der Waals surface area contributed by atoms with Gasteiger partial charge < -0.3 is 4.57 Å². The molecular weight excluding hydrogens is 369 g/mol. The molecule has 0 unspecified atom stereocenters. The maximum absolute atomic E-state index is 6.42. The third kappa shape index (κ3) is 3.14. The van der Waals surface area contributed by atoms with Crippen LogP contribution in [-0.2, 0) is 16.9 Å². The molecule has 0 radical (unpaired) electrons. The molecule has 2 heterocycles. The van der Waals surface area contributed by atoms with Crippen LogP contribution in [0.1, 0.15) is 23.7 Å². The molecule has 6 heteroatoms. The first-order chi connectivity index (χ1) is 12.6. The van der Waals surface area contributed by atoms with E-state index in [0.717, 1.165) is 27.6 Å². The van der Waals surface area contributed by atoms with Crippen molar-refractivity contribution in [2.75, 3.05) is 7.05 Å².